The van der Waals surface area contributed by atoms with Crippen LogP contribution in [-0.4, -0.2) is 36.5 Å². The lowest BCUT2D eigenvalue weighted by Gasteiger charge is -2.26. The van der Waals surface area contributed by atoms with E-state index >= 15 is 0 Å². The van der Waals surface area contributed by atoms with Crippen LogP contribution >= 0.6 is 15.9 Å². The molecule has 3 nitrogen and oxygen atoms in total. The quantitative estimate of drug-likeness (QED) is 0.892. The fourth-order valence-corrected chi connectivity index (χ4v) is 3.11. The van der Waals surface area contributed by atoms with Crippen molar-refractivity contribution in [3.05, 3.63) is 33.8 Å². The largest absolute Gasteiger partial charge is 0.337 e. The van der Waals surface area contributed by atoms with Gasteiger partial charge in [0.25, 0.3) is 5.91 Å². The Kier molecular flexibility index (Phi) is 5.61. The van der Waals surface area contributed by atoms with E-state index in [0.29, 0.717) is 6.04 Å². The van der Waals surface area contributed by atoms with Crippen molar-refractivity contribution in [1.29, 1.82) is 0 Å². The monoisotopic (exact) mass is 338 g/mol. The number of carbonyl (C=O) groups is 1. The Bertz CT molecular complexity index is 470. The number of carbonyl (C=O) groups excluding carboxylic acids is 1. The number of nitrogens with zero attached hydrogens (tertiary/aromatic N) is 1. The molecule has 1 aliphatic heterocycles. The van der Waals surface area contributed by atoms with E-state index in [0.717, 1.165) is 41.7 Å². The second kappa shape index (κ2) is 7.23. The summed E-state index contributed by atoms with van der Waals surface area (Å²) in [5.41, 5.74) is 1.89. The molecule has 1 amide bonds. The van der Waals surface area contributed by atoms with E-state index in [-0.39, 0.29) is 5.91 Å². The zero-order valence-corrected chi connectivity index (χ0v) is 13.9. The number of nitrogens with one attached hydrogen (secondary N) is 1. The van der Waals surface area contributed by atoms with Gasteiger partial charge < -0.3 is 10.2 Å². The zero-order valence-electron chi connectivity index (χ0n) is 12.3. The van der Waals surface area contributed by atoms with Gasteiger partial charge in [0.2, 0.25) is 0 Å². The normalized spacial score (nSPS) is 18.2. The topological polar surface area (TPSA) is 32.3 Å². The first kappa shape index (κ1) is 15.5. The zero-order chi connectivity index (χ0) is 14.5. The molecule has 4 heteroatoms. The summed E-state index contributed by atoms with van der Waals surface area (Å²) in [4.78, 5) is 14.8. The SMILES string of the molecule is CCCN(CC1CCCN1)C(=O)c1cc(C)ccc1Br. The van der Waals surface area contributed by atoms with Crippen LogP contribution < -0.4 is 5.32 Å². The predicted molar refractivity (Wildman–Crippen MR) is 86.1 cm³/mol. The van der Waals surface area contributed by atoms with E-state index in [1.807, 2.05) is 30.0 Å². The molecule has 0 saturated carbocycles. The molecule has 110 valence electrons. The fourth-order valence-electron chi connectivity index (χ4n) is 2.70. The standard InChI is InChI=1S/C16H23BrN2O/c1-3-9-19(11-13-5-4-8-18-13)16(20)14-10-12(2)6-7-15(14)17/h6-7,10,13,18H,3-5,8-9,11H2,1-2H3. The minimum Gasteiger partial charge on any atom is -0.337 e. The first-order valence-electron chi connectivity index (χ1n) is 7.40. The molecule has 1 aromatic carbocycles. The molecule has 1 fully saturated rings. The summed E-state index contributed by atoms with van der Waals surface area (Å²) in [6.45, 7) is 6.84. The molecule has 20 heavy (non-hydrogen) atoms. The average Bonchev–Trinajstić information content (AvgIpc) is 2.93. The lowest BCUT2D eigenvalue weighted by Crippen LogP contribution is -2.41. The van der Waals surface area contributed by atoms with Gasteiger partial charge in [0.15, 0.2) is 0 Å². The third kappa shape index (κ3) is 3.83. The van der Waals surface area contributed by atoms with E-state index in [1.165, 1.54) is 12.8 Å². The molecule has 1 saturated heterocycles. The summed E-state index contributed by atoms with van der Waals surface area (Å²) in [5, 5.41) is 3.47. The average molecular weight is 339 g/mol. The highest BCUT2D eigenvalue weighted by Gasteiger charge is 2.23. The van der Waals surface area contributed by atoms with Crippen LogP contribution in [0.2, 0.25) is 0 Å². The highest BCUT2D eigenvalue weighted by Crippen LogP contribution is 2.21. The number of aryl methyl sites for hydroxylation is 1. The highest BCUT2D eigenvalue weighted by atomic mass is 79.9. The van der Waals surface area contributed by atoms with Crippen molar-refractivity contribution < 1.29 is 4.79 Å². The molecule has 0 bridgehead atoms. The van der Waals surface area contributed by atoms with Crippen LogP contribution in [0.15, 0.2) is 22.7 Å². The smallest absolute Gasteiger partial charge is 0.255 e. The molecule has 1 unspecified atom stereocenters. The molecule has 2 rings (SSSR count). The number of rotatable bonds is 5. The van der Waals surface area contributed by atoms with Gasteiger partial charge in [0, 0.05) is 23.6 Å². The van der Waals surface area contributed by atoms with Crippen LogP contribution in [0, 0.1) is 6.92 Å². The number of hydrogen-bond acceptors (Lipinski definition) is 2. The summed E-state index contributed by atoms with van der Waals surface area (Å²) < 4.78 is 0.883. The van der Waals surface area contributed by atoms with Crippen molar-refractivity contribution in [2.75, 3.05) is 19.6 Å². The van der Waals surface area contributed by atoms with Crippen molar-refractivity contribution in [3.63, 3.8) is 0 Å². The van der Waals surface area contributed by atoms with Crippen LogP contribution in [0.1, 0.15) is 42.1 Å². The predicted octanol–water partition coefficient (Wildman–Crippen LogP) is 3.36. The number of halogens is 1. The van der Waals surface area contributed by atoms with Gasteiger partial charge in [-0.2, -0.15) is 0 Å². The van der Waals surface area contributed by atoms with E-state index in [9.17, 15) is 4.79 Å². The highest BCUT2D eigenvalue weighted by molar-refractivity contribution is 9.10. The number of amides is 1. The van der Waals surface area contributed by atoms with Gasteiger partial charge in [-0.15, -0.1) is 0 Å². The van der Waals surface area contributed by atoms with Gasteiger partial charge in [-0.3, -0.25) is 4.79 Å². The van der Waals surface area contributed by atoms with Crippen molar-refractivity contribution >= 4 is 21.8 Å². The molecule has 0 aromatic heterocycles. The van der Waals surface area contributed by atoms with Crippen LogP contribution in [0.4, 0.5) is 0 Å². The van der Waals surface area contributed by atoms with Crippen molar-refractivity contribution in [1.82, 2.24) is 10.2 Å². The number of benzene rings is 1. The molecular weight excluding hydrogens is 316 g/mol. The van der Waals surface area contributed by atoms with Gasteiger partial charge in [-0.25, -0.2) is 0 Å². The number of hydrogen-bond donors (Lipinski definition) is 1. The van der Waals surface area contributed by atoms with Gasteiger partial charge >= 0.3 is 0 Å². The summed E-state index contributed by atoms with van der Waals surface area (Å²) in [6, 6.07) is 6.40. The van der Waals surface area contributed by atoms with Gasteiger partial charge in [-0.05, 0) is 60.8 Å². The summed E-state index contributed by atoms with van der Waals surface area (Å²) in [7, 11) is 0. The summed E-state index contributed by atoms with van der Waals surface area (Å²) in [5.74, 6) is 0.135. The van der Waals surface area contributed by atoms with Crippen LogP contribution in [-0.2, 0) is 0 Å². The Hall–Kier alpha value is -0.870. The first-order valence-corrected chi connectivity index (χ1v) is 8.20. The Labute approximate surface area is 129 Å². The van der Waals surface area contributed by atoms with Gasteiger partial charge in [-0.1, -0.05) is 18.6 Å². The molecule has 0 aliphatic carbocycles. The Morgan fingerprint density at radius 1 is 1.50 bits per heavy atom. The van der Waals surface area contributed by atoms with Crippen molar-refractivity contribution in [2.24, 2.45) is 0 Å². The lowest BCUT2D eigenvalue weighted by molar-refractivity contribution is 0.0741. The van der Waals surface area contributed by atoms with E-state index in [2.05, 4.69) is 28.2 Å². The third-order valence-corrected chi connectivity index (χ3v) is 4.43. The molecule has 0 spiro atoms. The van der Waals surface area contributed by atoms with E-state index < -0.39 is 0 Å². The third-order valence-electron chi connectivity index (χ3n) is 3.74. The Morgan fingerprint density at radius 3 is 2.95 bits per heavy atom. The van der Waals surface area contributed by atoms with Crippen molar-refractivity contribution in [3.8, 4) is 0 Å². The minimum absolute atomic E-state index is 0.135. The van der Waals surface area contributed by atoms with E-state index in [1.54, 1.807) is 0 Å². The fraction of sp³-hybridized carbons (Fsp3) is 0.562. The van der Waals surface area contributed by atoms with Crippen LogP contribution in [0.25, 0.3) is 0 Å². The molecule has 1 N–H and O–H groups in total. The molecule has 0 radical (unpaired) electrons. The van der Waals surface area contributed by atoms with Crippen molar-refractivity contribution in [2.45, 2.75) is 39.2 Å². The Morgan fingerprint density at radius 2 is 2.30 bits per heavy atom. The van der Waals surface area contributed by atoms with Crippen LogP contribution in [0.3, 0.4) is 0 Å². The second-order valence-electron chi connectivity index (χ2n) is 5.53. The van der Waals surface area contributed by atoms with Crippen LogP contribution in [0.5, 0.6) is 0 Å². The second-order valence-corrected chi connectivity index (χ2v) is 6.38. The molecular formula is C16H23BrN2O. The summed E-state index contributed by atoms with van der Waals surface area (Å²) >= 11 is 3.50. The van der Waals surface area contributed by atoms with Gasteiger partial charge in [0.1, 0.15) is 0 Å². The minimum atomic E-state index is 0.135. The molecule has 1 heterocycles. The Balaban J connectivity index is 2.14. The maximum absolute atomic E-state index is 12.8. The maximum Gasteiger partial charge on any atom is 0.255 e. The molecule has 1 aliphatic rings. The first-order chi connectivity index (χ1) is 9.61. The molecule has 1 atom stereocenters. The maximum atomic E-state index is 12.8. The lowest BCUT2D eigenvalue weighted by atomic mass is 10.1. The van der Waals surface area contributed by atoms with E-state index in [4.69, 9.17) is 0 Å². The van der Waals surface area contributed by atoms with Gasteiger partial charge in [0.05, 0.1) is 5.56 Å². The molecule has 1 aromatic rings. The summed E-state index contributed by atoms with van der Waals surface area (Å²) in [6.07, 6.45) is 3.37.